The van der Waals surface area contributed by atoms with Crippen LogP contribution in [-0.2, 0) is 0 Å². The number of benzene rings is 1. The van der Waals surface area contributed by atoms with Crippen LogP contribution in [0, 0.1) is 6.92 Å². The maximum atomic E-state index is 12.9. The van der Waals surface area contributed by atoms with Gasteiger partial charge in [0, 0.05) is 16.7 Å². The Labute approximate surface area is 167 Å². The van der Waals surface area contributed by atoms with Gasteiger partial charge in [0.15, 0.2) is 0 Å². The van der Waals surface area contributed by atoms with E-state index in [9.17, 15) is 4.79 Å². The number of aryl methyl sites for hydroxylation is 1. The van der Waals surface area contributed by atoms with Crippen LogP contribution in [0.3, 0.4) is 0 Å². The molecule has 1 amide bonds. The summed E-state index contributed by atoms with van der Waals surface area (Å²) in [7, 11) is 0. The molecule has 1 aromatic carbocycles. The summed E-state index contributed by atoms with van der Waals surface area (Å²) in [6.45, 7) is 1.86. The summed E-state index contributed by atoms with van der Waals surface area (Å²) < 4.78 is 1.96. The third-order valence-corrected chi connectivity index (χ3v) is 6.35. The zero-order chi connectivity index (χ0) is 18.8. The second kappa shape index (κ2) is 7.82. The number of halogens is 1. The van der Waals surface area contributed by atoms with Gasteiger partial charge in [0.25, 0.3) is 5.91 Å². The lowest BCUT2D eigenvalue weighted by Crippen LogP contribution is -2.20. The number of carbonyl (C=O) groups is 1. The van der Waals surface area contributed by atoms with Crippen molar-refractivity contribution < 1.29 is 4.79 Å². The fraction of sp³-hybridized carbons (Fsp3) is 0.350. The Morgan fingerprint density at radius 2 is 2.07 bits per heavy atom. The van der Waals surface area contributed by atoms with Crippen LogP contribution in [0.15, 0.2) is 36.5 Å². The Hall–Kier alpha value is -2.18. The molecule has 0 aliphatic heterocycles. The van der Waals surface area contributed by atoms with Gasteiger partial charge in [-0.1, -0.05) is 43.0 Å². The van der Waals surface area contributed by atoms with E-state index in [-0.39, 0.29) is 5.91 Å². The molecule has 7 heteroatoms. The van der Waals surface area contributed by atoms with Gasteiger partial charge in [-0.3, -0.25) is 4.79 Å². The number of thiazole rings is 1. The molecule has 2 heterocycles. The summed E-state index contributed by atoms with van der Waals surface area (Å²) in [6.07, 6.45) is 7.70. The molecule has 3 aromatic rings. The summed E-state index contributed by atoms with van der Waals surface area (Å²) in [6, 6.07) is 9.75. The van der Waals surface area contributed by atoms with E-state index in [0.717, 1.165) is 34.9 Å². The van der Waals surface area contributed by atoms with Crippen molar-refractivity contribution in [2.75, 3.05) is 5.32 Å². The fourth-order valence-corrected chi connectivity index (χ4v) is 4.70. The molecule has 5 nitrogen and oxygen atoms in total. The van der Waals surface area contributed by atoms with Gasteiger partial charge in [-0.05, 0) is 31.9 Å². The van der Waals surface area contributed by atoms with Crippen LogP contribution in [-0.4, -0.2) is 20.7 Å². The molecule has 0 unspecified atom stereocenters. The van der Waals surface area contributed by atoms with E-state index in [1.54, 1.807) is 6.20 Å². The van der Waals surface area contributed by atoms with Crippen LogP contribution in [0.2, 0.25) is 5.02 Å². The first kappa shape index (κ1) is 18.2. The first-order valence-electron chi connectivity index (χ1n) is 9.20. The number of hydrogen-bond donors (Lipinski definition) is 1. The van der Waals surface area contributed by atoms with E-state index in [4.69, 9.17) is 11.6 Å². The first-order valence-corrected chi connectivity index (χ1v) is 10.4. The molecule has 1 saturated carbocycles. The number of hydrogen-bond acceptors (Lipinski definition) is 4. The van der Waals surface area contributed by atoms with Crippen molar-refractivity contribution in [3.8, 4) is 10.6 Å². The smallest absolute Gasteiger partial charge is 0.268 e. The number of aromatic nitrogens is 3. The third-order valence-electron chi connectivity index (χ3n) is 4.91. The minimum atomic E-state index is -0.143. The van der Waals surface area contributed by atoms with Crippen molar-refractivity contribution in [2.45, 2.75) is 45.1 Å². The van der Waals surface area contributed by atoms with Crippen LogP contribution in [0.1, 0.15) is 53.5 Å². The Morgan fingerprint density at radius 3 is 2.85 bits per heavy atom. The highest BCUT2D eigenvalue weighted by atomic mass is 35.5. The van der Waals surface area contributed by atoms with Gasteiger partial charge >= 0.3 is 0 Å². The maximum absolute atomic E-state index is 12.9. The zero-order valence-corrected chi connectivity index (χ0v) is 16.7. The number of anilines is 1. The number of carbonyl (C=O) groups excluding carboxylic acids is 1. The molecule has 140 valence electrons. The van der Waals surface area contributed by atoms with E-state index in [0.29, 0.717) is 15.9 Å². The molecule has 0 atom stereocenters. The minimum Gasteiger partial charge on any atom is -0.306 e. The summed E-state index contributed by atoms with van der Waals surface area (Å²) in [4.78, 5) is 18.0. The monoisotopic (exact) mass is 400 g/mol. The van der Waals surface area contributed by atoms with E-state index in [1.165, 1.54) is 30.6 Å². The molecule has 4 rings (SSSR count). The zero-order valence-electron chi connectivity index (χ0n) is 15.1. The third kappa shape index (κ3) is 3.92. The average Bonchev–Trinajstić information content (AvgIpc) is 3.29. The predicted octanol–water partition coefficient (Wildman–Crippen LogP) is 5.73. The molecule has 0 bridgehead atoms. The van der Waals surface area contributed by atoms with E-state index in [1.807, 2.05) is 41.9 Å². The van der Waals surface area contributed by atoms with Crippen molar-refractivity contribution in [1.82, 2.24) is 14.8 Å². The lowest BCUT2D eigenvalue weighted by Gasteiger charge is -2.23. The summed E-state index contributed by atoms with van der Waals surface area (Å²) in [5, 5.41) is 8.92. The Bertz CT molecular complexity index is 959. The van der Waals surface area contributed by atoms with Gasteiger partial charge in [0.2, 0.25) is 0 Å². The second-order valence-corrected chi connectivity index (χ2v) is 8.29. The highest BCUT2D eigenvalue weighted by Gasteiger charge is 2.21. The van der Waals surface area contributed by atoms with Crippen molar-refractivity contribution in [3.05, 3.63) is 52.1 Å². The molecule has 1 aliphatic carbocycles. The number of nitrogens with zero attached hydrogens (tertiary/aromatic N) is 3. The predicted molar refractivity (Wildman–Crippen MR) is 110 cm³/mol. The fourth-order valence-electron chi connectivity index (χ4n) is 3.56. The Morgan fingerprint density at radius 1 is 1.26 bits per heavy atom. The van der Waals surface area contributed by atoms with Gasteiger partial charge in [-0.2, -0.15) is 5.10 Å². The van der Waals surface area contributed by atoms with Crippen LogP contribution in [0.5, 0.6) is 0 Å². The van der Waals surface area contributed by atoms with Crippen molar-refractivity contribution >= 4 is 34.7 Å². The van der Waals surface area contributed by atoms with Gasteiger partial charge in [0.1, 0.15) is 15.7 Å². The molecular formula is C20H21ClN4OS. The normalized spacial score (nSPS) is 15.0. The van der Waals surface area contributed by atoms with Crippen LogP contribution in [0.25, 0.3) is 10.6 Å². The average molecular weight is 401 g/mol. The topological polar surface area (TPSA) is 59.8 Å². The lowest BCUT2D eigenvalue weighted by molar-refractivity contribution is 0.102. The summed E-state index contributed by atoms with van der Waals surface area (Å²) in [5.41, 5.74) is 1.64. The van der Waals surface area contributed by atoms with Crippen molar-refractivity contribution in [2.24, 2.45) is 0 Å². The SMILES string of the molecule is Cc1nc(-c2cccc(Cl)c2)sc1C(=O)Nc1ccnn1C1CCCCC1. The molecule has 2 aromatic heterocycles. The maximum Gasteiger partial charge on any atom is 0.268 e. The standard InChI is InChI=1S/C20H21ClN4OS/c1-13-18(27-20(23-13)14-6-5-7-15(21)12-14)19(26)24-17-10-11-22-25(17)16-8-3-2-4-9-16/h5-7,10-12,16H,2-4,8-9H2,1H3,(H,24,26). The van der Waals surface area contributed by atoms with Crippen molar-refractivity contribution in [3.63, 3.8) is 0 Å². The minimum absolute atomic E-state index is 0.143. The molecule has 1 aliphatic rings. The quantitative estimate of drug-likeness (QED) is 0.608. The molecule has 1 N–H and O–H groups in total. The highest BCUT2D eigenvalue weighted by molar-refractivity contribution is 7.17. The van der Waals surface area contributed by atoms with Crippen LogP contribution < -0.4 is 5.32 Å². The Balaban J connectivity index is 1.55. The number of rotatable bonds is 4. The summed E-state index contributed by atoms with van der Waals surface area (Å²) in [5.74, 6) is 0.611. The van der Waals surface area contributed by atoms with Crippen LogP contribution in [0.4, 0.5) is 5.82 Å². The largest absolute Gasteiger partial charge is 0.306 e. The number of nitrogens with one attached hydrogen (secondary N) is 1. The number of amides is 1. The van der Waals surface area contributed by atoms with E-state index in [2.05, 4.69) is 15.4 Å². The first-order chi connectivity index (χ1) is 13.1. The molecule has 0 radical (unpaired) electrons. The highest BCUT2D eigenvalue weighted by Crippen LogP contribution is 2.32. The van der Waals surface area contributed by atoms with Gasteiger partial charge in [-0.15, -0.1) is 11.3 Å². The van der Waals surface area contributed by atoms with E-state index >= 15 is 0 Å². The molecule has 0 saturated heterocycles. The van der Waals surface area contributed by atoms with E-state index < -0.39 is 0 Å². The van der Waals surface area contributed by atoms with Gasteiger partial charge < -0.3 is 5.32 Å². The van der Waals surface area contributed by atoms with Gasteiger partial charge in [0.05, 0.1) is 17.9 Å². The molecule has 0 spiro atoms. The Kier molecular flexibility index (Phi) is 5.27. The summed E-state index contributed by atoms with van der Waals surface area (Å²) >= 11 is 7.46. The lowest BCUT2D eigenvalue weighted by atomic mass is 9.96. The van der Waals surface area contributed by atoms with Gasteiger partial charge in [-0.25, -0.2) is 9.67 Å². The molecular weight excluding hydrogens is 380 g/mol. The second-order valence-electron chi connectivity index (χ2n) is 6.85. The van der Waals surface area contributed by atoms with Crippen molar-refractivity contribution in [1.29, 1.82) is 0 Å². The van der Waals surface area contributed by atoms with Crippen LogP contribution >= 0.6 is 22.9 Å². The molecule has 1 fully saturated rings. The molecule has 27 heavy (non-hydrogen) atoms.